The van der Waals surface area contributed by atoms with Crippen LogP contribution in [0, 0.1) is 23.2 Å². The van der Waals surface area contributed by atoms with Gasteiger partial charge < -0.3 is 0 Å². The van der Waals surface area contributed by atoms with Gasteiger partial charge in [-0.2, -0.15) is 26.3 Å². The molecule has 3 aliphatic carbocycles. The molecule has 3 saturated carbocycles. The molecule has 0 atom stereocenters. The summed E-state index contributed by atoms with van der Waals surface area (Å²) in [4.78, 5) is -1.20. The van der Waals surface area contributed by atoms with Crippen LogP contribution in [-0.2, 0) is 19.7 Å². The van der Waals surface area contributed by atoms with E-state index in [-0.39, 0.29) is 24.0 Å². The lowest BCUT2D eigenvalue weighted by molar-refractivity contribution is -0.243. The summed E-state index contributed by atoms with van der Waals surface area (Å²) in [5, 5.41) is -12.7. The van der Waals surface area contributed by atoms with Gasteiger partial charge in [0, 0.05) is 11.2 Å². The molecule has 0 heterocycles. The fourth-order valence-corrected chi connectivity index (χ4v) is 9.47. The third kappa shape index (κ3) is 5.30. The molecule has 0 aromatic carbocycles. The zero-order valence-electron chi connectivity index (χ0n) is 22.0. The highest BCUT2D eigenvalue weighted by molar-refractivity contribution is 7.96. The Morgan fingerprint density at radius 2 is 0.947 bits per heavy atom. The van der Waals surface area contributed by atoms with Crippen LogP contribution in [0.15, 0.2) is 11.5 Å². The quantitative estimate of drug-likeness (QED) is 0.241. The highest BCUT2D eigenvalue weighted by Crippen LogP contribution is 2.61. The van der Waals surface area contributed by atoms with Crippen LogP contribution in [-0.4, -0.2) is 39.5 Å². The molecule has 4 nitrogen and oxygen atoms in total. The van der Waals surface area contributed by atoms with Crippen molar-refractivity contribution in [3.8, 4) is 0 Å². The Hall–Kier alpha value is -0.780. The van der Waals surface area contributed by atoms with Crippen molar-refractivity contribution in [2.45, 2.75) is 119 Å². The van der Waals surface area contributed by atoms with Crippen molar-refractivity contribution >= 4 is 19.7 Å². The van der Waals surface area contributed by atoms with Gasteiger partial charge in [-0.25, -0.2) is 16.8 Å². The predicted octanol–water partition coefficient (Wildman–Crippen LogP) is 7.90. The van der Waals surface area contributed by atoms with Crippen molar-refractivity contribution < 1.29 is 43.2 Å². The van der Waals surface area contributed by atoms with Crippen LogP contribution in [0.3, 0.4) is 0 Å². The lowest BCUT2D eigenvalue weighted by Gasteiger charge is -2.55. The van der Waals surface area contributed by atoms with Gasteiger partial charge in [0.15, 0.2) is 0 Å². The van der Waals surface area contributed by atoms with Crippen molar-refractivity contribution in [1.82, 2.24) is 0 Å². The van der Waals surface area contributed by atoms with E-state index < -0.39 is 52.8 Å². The van der Waals surface area contributed by atoms with E-state index in [0.29, 0.717) is 0 Å². The Labute approximate surface area is 222 Å². The molecular weight excluding hydrogens is 554 g/mol. The Morgan fingerprint density at radius 3 is 1.24 bits per heavy atom. The molecule has 0 aliphatic heterocycles. The molecular formula is C26H40F6O4S2. The van der Waals surface area contributed by atoms with E-state index in [2.05, 4.69) is 6.58 Å². The molecule has 0 aromatic rings. The number of hydrogen-bond donors (Lipinski definition) is 0. The molecule has 0 saturated heterocycles. The molecule has 0 aromatic heterocycles. The highest BCUT2D eigenvalue weighted by atomic mass is 32.2. The second-order valence-electron chi connectivity index (χ2n) is 11.7. The molecule has 0 radical (unpaired) electrons. The van der Waals surface area contributed by atoms with Gasteiger partial charge in [-0.3, -0.25) is 0 Å². The predicted molar refractivity (Wildman–Crippen MR) is 135 cm³/mol. The summed E-state index contributed by atoms with van der Waals surface area (Å²) >= 11 is 0. The van der Waals surface area contributed by atoms with Crippen molar-refractivity contribution in [2.24, 2.45) is 23.2 Å². The topological polar surface area (TPSA) is 68.3 Å². The Morgan fingerprint density at radius 1 is 0.632 bits per heavy atom. The Kier molecular flexibility index (Phi) is 9.39. The largest absolute Gasteiger partial charge is 0.418 e. The fraction of sp³-hybridized carbons (Fsp3) is 0.923. The minimum absolute atomic E-state index is 0.0130. The van der Waals surface area contributed by atoms with Gasteiger partial charge in [0.25, 0.3) is 0 Å². The SMILES string of the molecule is C=C(CC(C1CCCCC1)(C1CCCCC1)C1CCCCC1)S(=O)(=O)C(F)(F)C(F)(F)C(F)(F)S(C)(=O)=O. The van der Waals surface area contributed by atoms with Crippen molar-refractivity contribution in [1.29, 1.82) is 0 Å². The molecule has 0 bridgehead atoms. The lowest BCUT2D eigenvalue weighted by Crippen LogP contribution is -2.60. The van der Waals surface area contributed by atoms with E-state index in [0.717, 1.165) is 96.3 Å². The van der Waals surface area contributed by atoms with Gasteiger partial charge in [-0.1, -0.05) is 64.4 Å². The van der Waals surface area contributed by atoms with Gasteiger partial charge in [0.1, 0.15) is 0 Å². The zero-order valence-corrected chi connectivity index (χ0v) is 23.6. The van der Waals surface area contributed by atoms with Crippen LogP contribution in [0.25, 0.3) is 0 Å². The first-order chi connectivity index (χ1) is 17.4. The van der Waals surface area contributed by atoms with Gasteiger partial charge in [0.05, 0.1) is 0 Å². The smallest absolute Gasteiger partial charge is 0.223 e. The molecule has 222 valence electrons. The molecule has 38 heavy (non-hydrogen) atoms. The summed E-state index contributed by atoms with van der Waals surface area (Å²) in [5.41, 5.74) is -0.768. The van der Waals surface area contributed by atoms with E-state index in [1.54, 1.807) is 0 Å². The monoisotopic (exact) mass is 594 g/mol. The number of allylic oxidation sites excluding steroid dienone is 1. The third-order valence-electron chi connectivity index (χ3n) is 9.51. The maximum Gasteiger partial charge on any atom is 0.418 e. The highest BCUT2D eigenvalue weighted by Gasteiger charge is 2.81. The lowest BCUT2D eigenvalue weighted by atomic mass is 9.50. The average molecular weight is 595 g/mol. The van der Waals surface area contributed by atoms with Crippen LogP contribution in [0.1, 0.15) is 103 Å². The number of sulfone groups is 2. The van der Waals surface area contributed by atoms with E-state index in [1.165, 1.54) is 0 Å². The molecule has 12 heteroatoms. The van der Waals surface area contributed by atoms with Crippen molar-refractivity contribution in [3.05, 3.63) is 11.5 Å². The van der Waals surface area contributed by atoms with Crippen LogP contribution in [0.2, 0.25) is 0 Å². The summed E-state index contributed by atoms with van der Waals surface area (Å²) in [5.74, 6) is -6.73. The Bertz CT molecular complexity index is 1010. The van der Waals surface area contributed by atoms with Crippen molar-refractivity contribution in [3.63, 3.8) is 0 Å². The second-order valence-corrected chi connectivity index (χ2v) is 15.9. The number of hydrogen-bond acceptors (Lipinski definition) is 4. The fourth-order valence-electron chi connectivity index (χ4n) is 7.54. The minimum atomic E-state index is -6.70. The van der Waals surface area contributed by atoms with Crippen LogP contribution >= 0.6 is 0 Å². The molecule has 0 unspecified atom stereocenters. The molecule has 0 N–H and O–H groups in total. The van der Waals surface area contributed by atoms with E-state index in [1.807, 2.05) is 0 Å². The van der Waals surface area contributed by atoms with Crippen LogP contribution < -0.4 is 0 Å². The molecule has 3 fully saturated rings. The standard InChI is InChI=1S/C26H40F6O4S2/c1-19(38(35,36)26(31,32)24(27,28)25(29,30)37(2,33)34)18-23(20-12-6-3-7-13-20,21-14-8-4-9-15-21)22-16-10-5-11-17-22/h20-22H,1,3-18H2,2H3. The maximum atomic E-state index is 15.0. The first-order valence-electron chi connectivity index (χ1n) is 13.7. The van der Waals surface area contributed by atoms with Gasteiger partial charge in [-0.15, -0.1) is 0 Å². The van der Waals surface area contributed by atoms with E-state index >= 15 is 8.78 Å². The van der Waals surface area contributed by atoms with Crippen LogP contribution in [0.5, 0.6) is 0 Å². The number of rotatable bonds is 10. The minimum Gasteiger partial charge on any atom is -0.223 e. The van der Waals surface area contributed by atoms with E-state index in [4.69, 9.17) is 0 Å². The van der Waals surface area contributed by atoms with Crippen molar-refractivity contribution in [2.75, 3.05) is 6.26 Å². The normalized spacial score (nSPS) is 22.9. The summed E-state index contributed by atoms with van der Waals surface area (Å²) in [6, 6.07) is 0. The van der Waals surface area contributed by atoms with Gasteiger partial charge in [-0.05, 0) is 68.1 Å². The molecule has 0 amide bonds. The third-order valence-corrected chi connectivity index (χ3v) is 12.5. The first kappa shape index (κ1) is 31.7. The summed E-state index contributed by atoms with van der Waals surface area (Å²) < 4.78 is 136. The first-order valence-corrected chi connectivity index (χ1v) is 17.1. The number of alkyl halides is 6. The van der Waals surface area contributed by atoms with E-state index in [9.17, 15) is 34.4 Å². The van der Waals surface area contributed by atoms with Gasteiger partial charge in [0.2, 0.25) is 19.7 Å². The van der Waals surface area contributed by atoms with Gasteiger partial charge >= 0.3 is 16.4 Å². The van der Waals surface area contributed by atoms with Crippen LogP contribution in [0.4, 0.5) is 26.3 Å². The summed E-state index contributed by atoms with van der Waals surface area (Å²) in [6.45, 7) is 3.32. The molecule has 0 spiro atoms. The molecule has 3 aliphatic rings. The molecule has 3 rings (SSSR count). The summed E-state index contributed by atoms with van der Waals surface area (Å²) in [7, 11) is -12.5. The summed E-state index contributed by atoms with van der Waals surface area (Å²) in [6.07, 6.45) is 12.1. The maximum absolute atomic E-state index is 15.0. The average Bonchev–Trinajstić information content (AvgIpc) is 2.87. The second kappa shape index (κ2) is 11.2. The number of halogens is 6. The zero-order chi connectivity index (χ0) is 28.6. The Balaban J connectivity index is 2.09.